The quantitative estimate of drug-likeness (QED) is 0.428. The Kier molecular flexibility index (Phi) is 4.52. The minimum absolute atomic E-state index is 0.126. The molecule has 8 nitrogen and oxygen atoms in total. The number of halogens is 1. The van der Waals surface area contributed by atoms with Gasteiger partial charge in [-0.3, -0.25) is 0 Å². The molecule has 0 amide bonds. The zero-order valence-electron chi connectivity index (χ0n) is 16.6. The topological polar surface area (TPSA) is 105 Å². The van der Waals surface area contributed by atoms with Crippen LogP contribution in [0.4, 0.5) is 4.39 Å². The summed E-state index contributed by atoms with van der Waals surface area (Å²) in [5, 5.41) is 25.5. The van der Waals surface area contributed by atoms with Gasteiger partial charge in [-0.2, -0.15) is 9.37 Å². The Bertz CT molecular complexity index is 1300. The van der Waals surface area contributed by atoms with Gasteiger partial charge in [-0.15, -0.1) is 5.10 Å². The lowest BCUT2D eigenvalue weighted by Gasteiger charge is -2.29. The number of nitrogens with zero attached hydrogens (tertiary/aromatic N) is 6. The van der Waals surface area contributed by atoms with Crippen molar-refractivity contribution in [2.75, 3.05) is 0 Å². The highest BCUT2D eigenvalue weighted by Gasteiger charge is 2.39. The minimum atomic E-state index is -1.57. The van der Waals surface area contributed by atoms with Crippen LogP contribution in [0.3, 0.4) is 0 Å². The van der Waals surface area contributed by atoms with Gasteiger partial charge in [0.25, 0.3) is 0 Å². The molecule has 0 radical (unpaired) electrons. The van der Waals surface area contributed by atoms with Crippen LogP contribution in [0.1, 0.15) is 23.9 Å². The van der Waals surface area contributed by atoms with Crippen LogP contribution in [0.5, 0.6) is 0 Å². The summed E-state index contributed by atoms with van der Waals surface area (Å²) in [7, 11) is 0. The first-order chi connectivity index (χ1) is 15.1. The van der Waals surface area contributed by atoms with Crippen molar-refractivity contribution in [3.63, 3.8) is 0 Å². The number of tetrazole rings is 1. The van der Waals surface area contributed by atoms with E-state index in [1.54, 1.807) is 6.07 Å². The van der Waals surface area contributed by atoms with Crippen molar-refractivity contribution in [1.29, 1.82) is 0 Å². The molecule has 3 heterocycles. The van der Waals surface area contributed by atoms with E-state index in [0.717, 1.165) is 0 Å². The number of H-pyrrole nitrogens is 1. The van der Waals surface area contributed by atoms with E-state index < -0.39 is 11.5 Å². The van der Waals surface area contributed by atoms with Crippen LogP contribution < -0.4 is 0 Å². The lowest BCUT2D eigenvalue weighted by Crippen LogP contribution is -2.32. The van der Waals surface area contributed by atoms with Gasteiger partial charge < -0.3 is 9.67 Å². The van der Waals surface area contributed by atoms with Gasteiger partial charge in [0.1, 0.15) is 0 Å². The summed E-state index contributed by atoms with van der Waals surface area (Å²) >= 11 is 0. The summed E-state index contributed by atoms with van der Waals surface area (Å²) in [6, 6.07) is 20.1. The Morgan fingerprint density at radius 1 is 1.00 bits per heavy atom. The average molecular weight is 415 g/mol. The normalized spacial score (nSPS) is 11.8. The van der Waals surface area contributed by atoms with E-state index >= 15 is 0 Å². The largest absolute Gasteiger partial charge is 0.373 e. The zero-order chi connectivity index (χ0) is 21.4. The molecule has 5 rings (SSSR count). The van der Waals surface area contributed by atoms with Gasteiger partial charge in [-0.1, -0.05) is 60.7 Å². The second-order valence-electron chi connectivity index (χ2n) is 7.04. The molecule has 0 aliphatic heterocycles. The molecule has 31 heavy (non-hydrogen) atoms. The third kappa shape index (κ3) is 2.98. The Morgan fingerprint density at radius 2 is 1.65 bits per heavy atom. The van der Waals surface area contributed by atoms with Crippen LogP contribution in [0.25, 0.3) is 22.6 Å². The number of aryl methyl sites for hydroxylation is 1. The van der Waals surface area contributed by atoms with Gasteiger partial charge in [0, 0.05) is 6.54 Å². The van der Waals surface area contributed by atoms with Crippen molar-refractivity contribution in [2.24, 2.45) is 0 Å². The number of fused-ring (bicyclic) bond motifs is 1. The highest BCUT2D eigenvalue weighted by Crippen LogP contribution is 2.38. The molecule has 0 spiro atoms. The molecule has 0 atom stereocenters. The molecule has 0 unspecified atom stereocenters. The highest BCUT2D eigenvalue weighted by atomic mass is 19.1. The summed E-state index contributed by atoms with van der Waals surface area (Å²) in [4.78, 5) is 8.63. The molecule has 0 fully saturated rings. The van der Waals surface area contributed by atoms with E-state index in [9.17, 15) is 9.50 Å². The van der Waals surface area contributed by atoms with Crippen LogP contribution in [0, 0.1) is 5.95 Å². The Labute approximate surface area is 176 Å². The number of aromatic amines is 1. The molecule has 2 N–H and O–H groups in total. The molecule has 0 aliphatic carbocycles. The number of aliphatic hydroxyl groups is 1. The van der Waals surface area contributed by atoms with Gasteiger partial charge in [0.2, 0.25) is 5.95 Å². The van der Waals surface area contributed by atoms with Crippen molar-refractivity contribution in [1.82, 2.24) is 35.2 Å². The number of rotatable bonds is 5. The number of hydrogen-bond acceptors (Lipinski definition) is 6. The van der Waals surface area contributed by atoms with Gasteiger partial charge in [0.05, 0.1) is 11.1 Å². The van der Waals surface area contributed by atoms with Crippen LogP contribution in [-0.4, -0.2) is 40.3 Å². The number of pyridine rings is 1. The average Bonchev–Trinajstić information content (AvgIpc) is 3.47. The molecular weight excluding hydrogens is 397 g/mol. The number of aromatic nitrogens is 7. The van der Waals surface area contributed by atoms with E-state index in [-0.39, 0.29) is 17.0 Å². The maximum atomic E-state index is 14.7. The van der Waals surface area contributed by atoms with Crippen LogP contribution in [0.15, 0.2) is 66.7 Å². The van der Waals surface area contributed by atoms with E-state index in [1.165, 1.54) is 0 Å². The number of imidazole rings is 1. The summed E-state index contributed by atoms with van der Waals surface area (Å²) in [6.45, 7) is 2.41. The zero-order valence-corrected chi connectivity index (χ0v) is 16.6. The van der Waals surface area contributed by atoms with Crippen LogP contribution >= 0.6 is 0 Å². The Balaban J connectivity index is 1.81. The molecule has 3 aromatic heterocycles. The Hall–Kier alpha value is -3.98. The second kappa shape index (κ2) is 7.37. The first kappa shape index (κ1) is 19.0. The molecule has 0 saturated carbocycles. The highest BCUT2D eigenvalue weighted by molar-refractivity contribution is 5.78. The fraction of sp³-hybridized carbons (Fsp3) is 0.136. The third-order valence-corrected chi connectivity index (χ3v) is 5.32. The predicted molar refractivity (Wildman–Crippen MR) is 111 cm³/mol. The minimum Gasteiger partial charge on any atom is -0.373 e. The standard InChI is InChI=1S/C22H18FN7O/c1-2-30-17-13-16(19-26-28-29-27-19)18(23)24-20(17)25-21(30)22(31,14-9-5-3-6-10-14)15-11-7-4-8-12-15/h3-13,31H,2H2,1H3,(H,26,27,28,29). The fourth-order valence-electron chi connectivity index (χ4n) is 3.85. The summed E-state index contributed by atoms with van der Waals surface area (Å²) in [5.74, 6) is -0.234. The molecule has 2 aromatic carbocycles. The lowest BCUT2D eigenvalue weighted by atomic mass is 9.85. The lowest BCUT2D eigenvalue weighted by molar-refractivity contribution is 0.112. The summed E-state index contributed by atoms with van der Waals surface area (Å²) in [5.41, 5.74) is 0.606. The Morgan fingerprint density at radius 3 is 2.19 bits per heavy atom. The first-order valence-corrected chi connectivity index (χ1v) is 9.77. The molecule has 0 aliphatic rings. The van der Waals surface area contributed by atoms with Crippen molar-refractivity contribution in [2.45, 2.75) is 19.1 Å². The molecule has 154 valence electrons. The molecule has 0 bridgehead atoms. The third-order valence-electron chi connectivity index (χ3n) is 5.32. The second-order valence-corrected chi connectivity index (χ2v) is 7.04. The molecule has 9 heteroatoms. The van der Waals surface area contributed by atoms with E-state index in [2.05, 4.69) is 30.6 Å². The van der Waals surface area contributed by atoms with Gasteiger partial charge in [-0.25, -0.2) is 10.1 Å². The van der Waals surface area contributed by atoms with Crippen molar-refractivity contribution in [3.05, 3.63) is 89.6 Å². The molecule has 0 saturated heterocycles. The summed E-state index contributed by atoms with van der Waals surface area (Å²) < 4.78 is 16.6. The van der Waals surface area contributed by atoms with E-state index in [0.29, 0.717) is 29.0 Å². The van der Waals surface area contributed by atoms with Gasteiger partial charge in [0.15, 0.2) is 22.9 Å². The molecule has 5 aromatic rings. The fourth-order valence-corrected chi connectivity index (χ4v) is 3.85. The first-order valence-electron chi connectivity index (χ1n) is 9.77. The predicted octanol–water partition coefficient (Wildman–Crippen LogP) is 3.05. The summed E-state index contributed by atoms with van der Waals surface area (Å²) in [6.07, 6.45) is 0. The van der Waals surface area contributed by atoms with Crippen LogP contribution in [-0.2, 0) is 12.1 Å². The van der Waals surface area contributed by atoms with Crippen LogP contribution in [0.2, 0.25) is 0 Å². The number of benzene rings is 2. The smallest absolute Gasteiger partial charge is 0.226 e. The number of hydrogen-bond donors (Lipinski definition) is 2. The number of nitrogens with one attached hydrogen (secondary N) is 1. The van der Waals surface area contributed by atoms with Crippen molar-refractivity contribution in [3.8, 4) is 11.4 Å². The SMILES string of the molecule is CCn1c(C(O)(c2ccccc2)c2ccccc2)nc2nc(F)c(-c3nnn[nH]3)cc21. The van der Waals surface area contributed by atoms with Gasteiger partial charge in [-0.05, 0) is 34.5 Å². The monoisotopic (exact) mass is 415 g/mol. The van der Waals surface area contributed by atoms with E-state index in [1.807, 2.05) is 72.2 Å². The van der Waals surface area contributed by atoms with Crippen molar-refractivity contribution < 1.29 is 9.50 Å². The van der Waals surface area contributed by atoms with E-state index in [4.69, 9.17) is 0 Å². The molecular formula is C22H18FN7O. The maximum absolute atomic E-state index is 14.7. The van der Waals surface area contributed by atoms with Gasteiger partial charge >= 0.3 is 0 Å². The maximum Gasteiger partial charge on any atom is 0.226 e. The van der Waals surface area contributed by atoms with Crippen molar-refractivity contribution >= 4 is 11.2 Å².